The first kappa shape index (κ1) is 11.9. The number of ether oxygens (including phenoxy) is 1. The molecule has 1 unspecified atom stereocenters. The number of hydrogen-bond donors (Lipinski definition) is 0. The molecule has 0 radical (unpaired) electrons. The Kier molecular flexibility index (Phi) is 4.98. The molecular weight excluding hydrogens is 190 g/mol. The average molecular weight is 207 g/mol. The van der Waals surface area contributed by atoms with Gasteiger partial charge in [-0.15, -0.1) is 0 Å². The highest BCUT2D eigenvalue weighted by molar-refractivity contribution is 5.75. The van der Waals surface area contributed by atoms with E-state index in [4.69, 9.17) is 4.74 Å². The fourth-order valence-electron chi connectivity index (χ4n) is 1.37. The predicted octanol–water partition coefficient (Wildman–Crippen LogP) is 2.01. The average Bonchev–Trinajstić information content (AvgIpc) is 2.18. The van der Waals surface area contributed by atoms with Gasteiger partial charge in [-0.2, -0.15) is 0 Å². The van der Waals surface area contributed by atoms with E-state index in [0.717, 1.165) is 12.1 Å². The molecule has 0 saturated heterocycles. The Bertz CT molecular complexity index is 298. The van der Waals surface area contributed by atoms with Crippen molar-refractivity contribution in [2.24, 2.45) is 0 Å². The molecule has 0 spiro atoms. The van der Waals surface area contributed by atoms with Crippen LogP contribution in [0.3, 0.4) is 0 Å². The van der Waals surface area contributed by atoms with Crippen LogP contribution in [0.5, 0.6) is 0 Å². The third-order valence-electron chi connectivity index (χ3n) is 2.06. The summed E-state index contributed by atoms with van der Waals surface area (Å²) in [6, 6.07) is 5.82. The minimum absolute atomic E-state index is 0.00575. The molecule has 1 atom stereocenters. The summed E-state index contributed by atoms with van der Waals surface area (Å²) in [5, 5.41) is 0. The highest BCUT2D eigenvalue weighted by Crippen LogP contribution is 2.01. The number of rotatable bonds is 6. The minimum Gasteiger partial charge on any atom is -0.378 e. The Morgan fingerprint density at radius 1 is 1.53 bits per heavy atom. The van der Waals surface area contributed by atoms with E-state index >= 15 is 0 Å². The van der Waals surface area contributed by atoms with Crippen molar-refractivity contribution in [3.8, 4) is 0 Å². The maximum absolute atomic E-state index is 10.8. The number of ketones is 1. The van der Waals surface area contributed by atoms with E-state index in [1.807, 2.05) is 25.1 Å². The van der Waals surface area contributed by atoms with Gasteiger partial charge in [0.25, 0.3) is 0 Å². The van der Waals surface area contributed by atoms with Crippen LogP contribution in [-0.4, -0.2) is 23.5 Å². The summed E-state index contributed by atoms with van der Waals surface area (Å²) in [6.07, 6.45) is 3.06. The molecule has 0 fully saturated rings. The van der Waals surface area contributed by atoms with Gasteiger partial charge in [0.1, 0.15) is 5.78 Å². The topological polar surface area (TPSA) is 39.2 Å². The first-order valence-electron chi connectivity index (χ1n) is 5.19. The summed E-state index contributed by atoms with van der Waals surface area (Å²) in [7, 11) is 0. The van der Waals surface area contributed by atoms with E-state index in [9.17, 15) is 4.79 Å². The summed E-state index contributed by atoms with van der Waals surface area (Å²) in [6.45, 7) is 4.11. The van der Waals surface area contributed by atoms with Crippen molar-refractivity contribution in [3.05, 3.63) is 30.1 Å². The number of aromatic nitrogens is 1. The molecule has 0 aliphatic carbocycles. The van der Waals surface area contributed by atoms with Gasteiger partial charge in [0.2, 0.25) is 0 Å². The van der Waals surface area contributed by atoms with Crippen LogP contribution >= 0.6 is 0 Å². The van der Waals surface area contributed by atoms with Crippen molar-refractivity contribution in [2.75, 3.05) is 6.61 Å². The second kappa shape index (κ2) is 6.30. The molecule has 0 saturated carbocycles. The third kappa shape index (κ3) is 5.27. The molecule has 82 valence electrons. The Morgan fingerprint density at radius 3 is 2.93 bits per heavy atom. The number of pyridine rings is 1. The molecule has 15 heavy (non-hydrogen) atoms. The van der Waals surface area contributed by atoms with Gasteiger partial charge in [-0.1, -0.05) is 6.07 Å². The molecule has 1 rings (SSSR count). The molecule has 0 amide bonds. The first-order chi connectivity index (χ1) is 7.18. The van der Waals surface area contributed by atoms with Crippen LogP contribution in [-0.2, 0) is 16.0 Å². The summed E-state index contributed by atoms with van der Waals surface area (Å²) in [4.78, 5) is 15.0. The molecule has 3 heteroatoms. The maximum Gasteiger partial charge on any atom is 0.132 e. The highest BCUT2D eigenvalue weighted by Gasteiger charge is 2.05. The quantitative estimate of drug-likeness (QED) is 0.716. The number of carbonyl (C=O) groups excluding carboxylic acids is 1. The van der Waals surface area contributed by atoms with E-state index in [1.54, 1.807) is 13.1 Å². The van der Waals surface area contributed by atoms with Gasteiger partial charge in [0.15, 0.2) is 0 Å². The Morgan fingerprint density at radius 2 is 2.33 bits per heavy atom. The molecule has 3 nitrogen and oxygen atoms in total. The maximum atomic E-state index is 10.8. The van der Waals surface area contributed by atoms with Gasteiger partial charge >= 0.3 is 0 Å². The minimum atomic E-state index is 0.00575. The first-order valence-corrected chi connectivity index (χ1v) is 5.19. The normalized spacial score (nSPS) is 12.4. The van der Waals surface area contributed by atoms with Crippen LogP contribution in [0.1, 0.15) is 26.0 Å². The Hall–Kier alpha value is -1.22. The number of carbonyl (C=O) groups is 1. The van der Waals surface area contributed by atoms with Crippen molar-refractivity contribution >= 4 is 5.78 Å². The van der Waals surface area contributed by atoms with E-state index in [0.29, 0.717) is 13.0 Å². The van der Waals surface area contributed by atoms with E-state index in [2.05, 4.69) is 4.98 Å². The van der Waals surface area contributed by atoms with Crippen LogP contribution in [0.15, 0.2) is 24.4 Å². The summed E-state index contributed by atoms with van der Waals surface area (Å²) in [5.41, 5.74) is 1.02. The van der Waals surface area contributed by atoms with Crippen molar-refractivity contribution in [1.82, 2.24) is 4.98 Å². The van der Waals surface area contributed by atoms with Crippen LogP contribution < -0.4 is 0 Å². The van der Waals surface area contributed by atoms with Gasteiger partial charge in [0, 0.05) is 24.7 Å². The van der Waals surface area contributed by atoms with Gasteiger partial charge in [-0.05, 0) is 26.0 Å². The standard InChI is InChI=1S/C12H17NO2/c1-10(14)9-11(2)15-8-6-12-5-3-4-7-13-12/h3-5,7,11H,6,8-9H2,1-2H3. The molecule has 0 N–H and O–H groups in total. The van der Waals surface area contributed by atoms with E-state index in [-0.39, 0.29) is 11.9 Å². The van der Waals surface area contributed by atoms with Crippen molar-refractivity contribution in [2.45, 2.75) is 32.8 Å². The molecule has 0 aromatic carbocycles. The number of nitrogens with zero attached hydrogens (tertiary/aromatic N) is 1. The zero-order chi connectivity index (χ0) is 11.1. The van der Waals surface area contributed by atoms with Crippen LogP contribution in [0.4, 0.5) is 0 Å². The van der Waals surface area contributed by atoms with Gasteiger partial charge in [-0.25, -0.2) is 0 Å². The number of hydrogen-bond acceptors (Lipinski definition) is 3. The summed E-state index contributed by atoms with van der Waals surface area (Å²) >= 11 is 0. The Balaban J connectivity index is 2.19. The Labute approximate surface area is 90.5 Å². The predicted molar refractivity (Wildman–Crippen MR) is 58.7 cm³/mol. The SMILES string of the molecule is CC(=O)CC(C)OCCc1ccccn1. The van der Waals surface area contributed by atoms with Crippen molar-refractivity contribution < 1.29 is 9.53 Å². The molecule has 0 bridgehead atoms. The smallest absolute Gasteiger partial charge is 0.132 e. The lowest BCUT2D eigenvalue weighted by molar-refractivity contribution is -0.119. The zero-order valence-corrected chi connectivity index (χ0v) is 9.27. The summed E-state index contributed by atoms with van der Waals surface area (Å²) < 4.78 is 5.50. The fraction of sp³-hybridized carbons (Fsp3) is 0.500. The second-order valence-electron chi connectivity index (χ2n) is 3.66. The van der Waals surface area contributed by atoms with E-state index < -0.39 is 0 Å². The van der Waals surface area contributed by atoms with Crippen LogP contribution in [0, 0.1) is 0 Å². The molecule has 1 aromatic rings. The monoisotopic (exact) mass is 207 g/mol. The lowest BCUT2D eigenvalue weighted by Crippen LogP contribution is -2.14. The van der Waals surface area contributed by atoms with Crippen LogP contribution in [0.25, 0.3) is 0 Å². The second-order valence-corrected chi connectivity index (χ2v) is 3.66. The van der Waals surface area contributed by atoms with Crippen molar-refractivity contribution in [3.63, 3.8) is 0 Å². The summed E-state index contributed by atoms with van der Waals surface area (Å²) in [5.74, 6) is 0.167. The van der Waals surface area contributed by atoms with Gasteiger partial charge < -0.3 is 4.74 Å². The number of Topliss-reactive ketones (excluding diaryl/α,β-unsaturated/α-hetero) is 1. The molecule has 0 aliphatic heterocycles. The van der Waals surface area contributed by atoms with Crippen LogP contribution in [0.2, 0.25) is 0 Å². The van der Waals surface area contributed by atoms with Gasteiger partial charge in [-0.3, -0.25) is 9.78 Å². The molecule has 0 aliphatic rings. The highest BCUT2D eigenvalue weighted by atomic mass is 16.5. The lowest BCUT2D eigenvalue weighted by atomic mass is 10.2. The molecule has 1 heterocycles. The van der Waals surface area contributed by atoms with Crippen molar-refractivity contribution in [1.29, 1.82) is 0 Å². The fourth-order valence-corrected chi connectivity index (χ4v) is 1.37. The van der Waals surface area contributed by atoms with E-state index in [1.165, 1.54) is 0 Å². The largest absolute Gasteiger partial charge is 0.378 e. The third-order valence-corrected chi connectivity index (χ3v) is 2.06. The van der Waals surface area contributed by atoms with Gasteiger partial charge in [0.05, 0.1) is 12.7 Å². The molecular formula is C12H17NO2. The lowest BCUT2D eigenvalue weighted by Gasteiger charge is -2.10. The molecule has 1 aromatic heterocycles. The zero-order valence-electron chi connectivity index (χ0n) is 9.27.